The van der Waals surface area contributed by atoms with Gasteiger partial charge < -0.3 is 5.32 Å². The van der Waals surface area contributed by atoms with Crippen LogP contribution in [0.1, 0.15) is 12.0 Å². The standard InChI is InChI=1S/C10H11ClN2/c11-10-5-2-1-4-9(10)8-13-7-3-6-12/h1-2,4-5,13H,3,7-8H2. The van der Waals surface area contributed by atoms with E-state index < -0.39 is 0 Å². The van der Waals surface area contributed by atoms with Gasteiger partial charge in [0, 0.05) is 24.5 Å². The molecular formula is C10H11ClN2. The van der Waals surface area contributed by atoms with E-state index in [9.17, 15) is 0 Å². The molecule has 68 valence electrons. The fourth-order valence-corrected chi connectivity index (χ4v) is 1.21. The Kier molecular flexibility index (Phi) is 4.31. The first-order valence-corrected chi connectivity index (χ1v) is 4.53. The van der Waals surface area contributed by atoms with Crippen molar-refractivity contribution in [1.82, 2.24) is 5.32 Å². The Balaban J connectivity index is 2.37. The quantitative estimate of drug-likeness (QED) is 0.747. The molecule has 1 N–H and O–H groups in total. The molecule has 13 heavy (non-hydrogen) atoms. The molecule has 0 unspecified atom stereocenters. The van der Waals surface area contributed by atoms with Crippen LogP contribution >= 0.6 is 11.6 Å². The zero-order chi connectivity index (χ0) is 9.52. The first-order chi connectivity index (χ1) is 6.34. The van der Waals surface area contributed by atoms with Gasteiger partial charge in [-0.05, 0) is 11.6 Å². The van der Waals surface area contributed by atoms with Crippen molar-refractivity contribution in [3.05, 3.63) is 34.9 Å². The van der Waals surface area contributed by atoms with Crippen molar-refractivity contribution in [1.29, 1.82) is 5.26 Å². The van der Waals surface area contributed by atoms with Crippen LogP contribution in [0.25, 0.3) is 0 Å². The maximum Gasteiger partial charge on any atom is 0.0635 e. The van der Waals surface area contributed by atoms with Crippen molar-refractivity contribution in [2.45, 2.75) is 13.0 Å². The number of halogens is 1. The Morgan fingerprint density at radius 1 is 1.38 bits per heavy atom. The Bertz CT molecular complexity index is 304. The molecule has 0 aliphatic carbocycles. The summed E-state index contributed by atoms with van der Waals surface area (Å²) >= 11 is 5.93. The number of hydrogen-bond acceptors (Lipinski definition) is 2. The molecule has 0 amide bonds. The van der Waals surface area contributed by atoms with Crippen molar-refractivity contribution in [2.24, 2.45) is 0 Å². The van der Waals surface area contributed by atoms with Crippen LogP contribution in [0.4, 0.5) is 0 Å². The second-order valence-electron chi connectivity index (χ2n) is 2.68. The highest BCUT2D eigenvalue weighted by Crippen LogP contribution is 2.13. The minimum Gasteiger partial charge on any atom is -0.312 e. The molecule has 0 saturated carbocycles. The average Bonchev–Trinajstić information content (AvgIpc) is 2.15. The summed E-state index contributed by atoms with van der Waals surface area (Å²) in [5, 5.41) is 12.2. The Hall–Kier alpha value is -1.04. The van der Waals surface area contributed by atoms with Crippen molar-refractivity contribution in [3.8, 4) is 6.07 Å². The van der Waals surface area contributed by atoms with Crippen LogP contribution < -0.4 is 5.32 Å². The number of nitrogens with one attached hydrogen (secondary N) is 1. The summed E-state index contributed by atoms with van der Waals surface area (Å²) in [4.78, 5) is 0. The van der Waals surface area contributed by atoms with Crippen LogP contribution in [0.3, 0.4) is 0 Å². The van der Waals surface area contributed by atoms with Gasteiger partial charge in [-0.3, -0.25) is 0 Å². The summed E-state index contributed by atoms with van der Waals surface area (Å²) < 4.78 is 0. The molecule has 0 aliphatic rings. The van der Waals surface area contributed by atoms with Gasteiger partial charge in [0.25, 0.3) is 0 Å². The predicted octanol–water partition coefficient (Wildman–Crippen LogP) is 2.34. The maximum atomic E-state index is 8.30. The van der Waals surface area contributed by atoms with E-state index in [2.05, 4.69) is 11.4 Å². The first-order valence-electron chi connectivity index (χ1n) is 4.15. The van der Waals surface area contributed by atoms with Gasteiger partial charge in [-0.25, -0.2) is 0 Å². The third kappa shape index (κ3) is 3.45. The van der Waals surface area contributed by atoms with E-state index in [4.69, 9.17) is 16.9 Å². The molecule has 0 atom stereocenters. The van der Waals surface area contributed by atoms with Crippen molar-refractivity contribution < 1.29 is 0 Å². The molecule has 1 aromatic rings. The molecule has 0 spiro atoms. The number of benzene rings is 1. The molecule has 0 fully saturated rings. The van der Waals surface area contributed by atoms with Gasteiger partial charge in [-0.1, -0.05) is 29.8 Å². The zero-order valence-corrected chi connectivity index (χ0v) is 8.01. The summed E-state index contributed by atoms with van der Waals surface area (Å²) in [7, 11) is 0. The highest BCUT2D eigenvalue weighted by atomic mass is 35.5. The number of hydrogen-bond donors (Lipinski definition) is 1. The fourth-order valence-electron chi connectivity index (χ4n) is 1.01. The molecule has 0 aromatic heterocycles. The molecule has 1 rings (SSSR count). The smallest absolute Gasteiger partial charge is 0.0635 e. The molecule has 0 bridgehead atoms. The maximum absolute atomic E-state index is 8.30. The van der Waals surface area contributed by atoms with E-state index in [0.29, 0.717) is 13.0 Å². The van der Waals surface area contributed by atoms with Crippen molar-refractivity contribution in [3.63, 3.8) is 0 Å². The molecule has 0 saturated heterocycles. The monoisotopic (exact) mass is 194 g/mol. The number of nitrogens with zero attached hydrogens (tertiary/aromatic N) is 1. The van der Waals surface area contributed by atoms with Gasteiger partial charge in [0.15, 0.2) is 0 Å². The van der Waals surface area contributed by atoms with Crippen LogP contribution in [0.5, 0.6) is 0 Å². The topological polar surface area (TPSA) is 35.8 Å². The number of nitriles is 1. The average molecular weight is 195 g/mol. The van der Waals surface area contributed by atoms with E-state index >= 15 is 0 Å². The van der Waals surface area contributed by atoms with Gasteiger partial charge in [0.2, 0.25) is 0 Å². The summed E-state index contributed by atoms with van der Waals surface area (Å²) in [5.74, 6) is 0. The molecule has 0 heterocycles. The zero-order valence-electron chi connectivity index (χ0n) is 7.26. The predicted molar refractivity (Wildman–Crippen MR) is 53.4 cm³/mol. The van der Waals surface area contributed by atoms with E-state index in [1.807, 2.05) is 24.3 Å². The number of rotatable bonds is 4. The van der Waals surface area contributed by atoms with Crippen molar-refractivity contribution in [2.75, 3.05) is 6.54 Å². The lowest BCUT2D eigenvalue weighted by molar-refractivity contribution is 0.699. The molecule has 3 heteroatoms. The molecular weight excluding hydrogens is 184 g/mol. The van der Waals surface area contributed by atoms with E-state index in [1.165, 1.54) is 0 Å². The van der Waals surface area contributed by atoms with Crippen LogP contribution in [0.2, 0.25) is 5.02 Å². The van der Waals surface area contributed by atoms with Gasteiger partial charge in [-0.15, -0.1) is 0 Å². The lowest BCUT2D eigenvalue weighted by Crippen LogP contribution is -2.14. The lowest BCUT2D eigenvalue weighted by Gasteiger charge is -2.03. The van der Waals surface area contributed by atoms with Crippen LogP contribution in [0, 0.1) is 11.3 Å². The summed E-state index contributed by atoms with van der Waals surface area (Å²) in [5.41, 5.74) is 1.07. The van der Waals surface area contributed by atoms with E-state index in [1.54, 1.807) is 0 Å². The molecule has 1 aromatic carbocycles. The van der Waals surface area contributed by atoms with E-state index in [-0.39, 0.29) is 0 Å². The third-order valence-electron chi connectivity index (χ3n) is 1.69. The van der Waals surface area contributed by atoms with Gasteiger partial charge in [0.1, 0.15) is 0 Å². The van der Waals surface area contributed by atoms with Crippen LogP contribution in [-0.4, -0.2) is 6.54 Å². The summed E-state index contributed by atoms with van der Waals surface area (Å²) in [6, 6.07) is 9.77. The highest BCUT2D eigenvalue weighted by Gasteiger charge is 1.96. The highest BCUT2D eigenvalue weighted by molar-refractivity contribution is 6.31. The van der Waals surface area contributed by atoms with Gasteiger partial charge in [-0.2, -0.15) is 5.26 Å². The SMILES string of the molecule is N#CCCNCc1ccccc1Cl. The molecule has 0 aliphatic heterocycles. The summed E-state index contributed by atoms with van der Waals surface area (Å²) in [6.45, 7) is 1.43. The Labute approximate surface area is 83.1 Å². The summed E-state index contributed by atoms with van der Waals surface area (Å²) in [6.07, 6.45) is 0.532. The minimum atomic E-state index is 0.532. The third-order valence-corrected chi connectivity index (χ3v) is 2.06. The van der Waals surface area contributed by atoms with Crippen molar-refractivity contribution >= 4 is 11.6 Å². The second-order valence-corrected chi connectivity index (χ2v) is 3.08. The van der Waals surface area contributed by atoms with E-state index in [0.717, 1.165) is 17.1 Å². The van der Waals surface area contributed by atoms with Gasteiger partial charge in [0.05, 0.1) is 6.07 Å². The van der Waals surface area contributed by atoms with Crippen LogP contribution in [-0.2, 0) is 6.54 Å². The van der Waals surface area contributed by atoms with Crippen LogP contribution in [0.15, 0.2) is 24.3 Å². The Morgan fingerprint density at radius 2 is 2.15 bits per heavy atom. The fraction of sp³-hybridized carbons (Fsp3) is 0.300. The van der Waals surface area contributed by atoms with Gasteiger partial charge >= 0.3 is 0 Å². The molecule has 2 nitrogen and oxygen atoms in total. The second kappa shape index (κ2) is 5.58. The Morgan fingerprint density at radius 3 is 2.85 bits per heavy atom. The normalized spacial score (nSPS) is 9.54. The first kappa shape index (κ1) is 10.0. The lowest BCUT2D eigenvalue weighted by atomic mass is 10.2. The minimum absolute atomic E-state index is 0.532. The molecule has 0 radical (unpaired) electrons. The largest absolute Gasteiger partial charge is 0.312 e.